The molecular weight excluding hydrogens is 78.1 g/mol. The minimum Gasteiger partial charge on any atom is -0.284 e. The lowest BCUT2D eigenvalue weighted by molar-refractivity contribution is 0.612. The third-order valence-electron chi connectivity index (χ3n) is 0.615. The van der Waals surface area contributed by atoms with Gasteiger partial charge in [0, 0.05) is 0 Å². The smallest absolute Gasteiger partial charge is 0.111 e. The summed E-state index contributed by atoms with van der Waals surface area (Å²) in [7, 11) is 0. The molecule has 3 heteroatoms. The summed E-state index contributed by atoms with van der Waals surface area (Å²) < 4.78 is 0. The van der Waals surface area contributed by atoms with Gasteiger partial charge in [-0.2, -0.15) is 0 Å². The Bertz CT molecular complexity index is 88.2. The van der Waals surface area contributed by atoms with Gasteiger partial charge in [-0.15, -0.1) is 5.10 Å². The van der Waals surface area contributed by atoms with Crippen LogP contribution in [0.15, 0.2) is 5.10 Å². The van der Waals surface area contributed by atoms with E-state index in [4.69, 9.17) is 5.41 Å². The first kappa shape index (κ1) is 3.37. The van der Waals surface area contributed by atoms with E-state index >= 15 is 0 Å². The fourth-order valence-corrected chi connectivity index (χ4v) is 0.215. The molecule has 0 aromatic heterocycles. The maximum atomic E-state index is 6.31. The van der Waals surface area contributed by atoms with Gasteiger partial charge >= 0.3 is 0 Å². The Morgan fingerprint density at radius 2 is 2.33 bits per heavy atom. The Kier molecular flexibility index (Phi) is 0.622. The lowest BCUT2D eigenvalue weighted by atomic mass is 11.0. The summed E-state index contributed by atoms with van der Waals surface area (Å²) >= 11 is 0. The van der Waals surface area contributed by atoms with Crippen molar-refractivity contribution in [2.24, 2.45) is 5.10 Å². The molecule has 32 valence electrons. The van der Waals surface area contributed by atoms with E-state index in [9.17, 15) is 0 Å². The number of rotatable bonds is 1. The first-order chi connectivity index (χ1) is 2.93. The lowest BCUT2D eigenvalue weighted by Crippen LogP contribution is -1.76. The molecule has 0 amide bonds. The Labute approximate surface area is 35.8 Å². The van der Waals surface area contributed by atoms with Gasteiger partial charge in [0.25, 0.3) is 0 Å². The van der Waals surface area contributed by atoms with E-state index in [2.05, 4.69) is 5.10 Å². The van der Waals surface area contributed by atoms with Crippen LogP contribution in [0.25, 0.3) is 0 Å². The maximum Gasteiger partial charge on any atom is 0.111 e. The van der Waals surface area contributed by atoms with Crippen molar-refractivity contribution in [2.45, 2.75) is 0 Å². The molecule has 1 aliphatic rings. The monoisotopic (exact) mass is 83.0 g/mol. The lowest BCUT2D eigenvalue weighted by Gasteiger charge is -1.75. The van der Waals surface area contributed by atoms with Gasteiger partial charge in [-0.05, 0) is 0 Å². The van der Waals surface area contributed by atoms with Gasteiger partial charge in [-0.3, -0.25) is 5.01 Å². The zero-order chi connectivity index (χ0) is 4.41. The Morgan fingerprint density at radius 1 is 1.67 bits per heavy atom. The van der Waals surface area contributed by atoms with E-state index in [1.165, 1.54) is 0 Å². The Balaban J connectivity index is 2.33. The normalized spacial score (nSPS) is 16.3. The number of nitrogens with zero attached hydrogens (tertiary/aromatic N) is 2. The molecule has 1 heterocycles. The van der Waals surface area contributed by atoms with Crippen molar-refractivity contribution in [3.8, 4) is 0 Å². The SMILES string of the molecule is N=C=NN1CC1. The molecular formula is C3H5N3. The molecule has 0 aromatic rings. The molecule has 0 unspecified atom stereocenters. The molecule has 0 bridgehead atoms. The molecule has 0 radical (unpaired) electrons. The van der Waals surface area contributed by atoms with Gasteiger partial charge in [0.05, 0.1) is 13.1 Å². The van der Waals surface area contributed by atoms with E-state index in [1.807, 2.05) is 6.01 Å². The minimum absolute atomic E-state index is 1.01. The van der Waals surface area contributed by atoms with E-state index in [0.29, 0.717) is 0 Å². The molecule has 0 aromatic carbocycles. The summed E-state index contributed by atoms with van der Waals surface area (Å²) in [6.07, 6.45) is 0. The predicted molar refractivity (Wildman–Crippen MR) is 21.7 cm³/mol. The van der Waals surface area contributed by atoms with E-state index in [1.54, 1.807) is 5.01 Å². The van der Waals surface area contributed by atoms with Crippen LogP contribution in [0.3, 0.4) is 0 Å². The minimum atomic E-state index is 1.01. The van der Waals surface area contributed by atoms with Crippen LogP contribution in [-0.2, 0) is 0 Å². The number of hydrazone groups is 1. The van der Waals surface area contributed by atoms with Crippen molar-refractivity contribution in [2.75, 3.05) is 13.1 Å². The Hall–Kier alpha value is -0.820. The number of nitrogens with one attached hydrogen (secondary N) is 1. The molecule has 0 spiro atoms. The van der Waals surface area contributed by atoms with Crippen LogP contribution in [0, 0.1) is 5.41 Å². The standard InChI is InChI=1S/C3H5N3/c4-3-5-6-1-2-6/h4H,1-2H2. The highest BCUT2D eigenvalue weighted by Crippen LogP contribution is 1.99. The zero-order valence-electron chi connectivity index (χ0n) is 3.31. The van der Waals surface area contributed by atoms with Gasteiger partial charge in [0.1, 0.15) is 6.01 Å². The van der Waals surface area contributed by atoms with Crippen molar-refractivity contribution in [1.29, 1.82) is 5.41 Å². The third kappa shape index (κ3) is 0.563. The first-order valence-electron chi connectivity index (χ1n) is 1.81. The van der Waals surface area contributed by atoms with Gasteiger partial charge in [0.15, 0.2) is 0 Å². The Morgan fingerprint density at radius 3 is 2.50 bits per heavy atom. The third-order valence-corrected chi connectivity index (χ3v) is 0.615. The fraction of sp³-hybridized carbons (Fsp3) is 0.667. The summed E-state index contributed by atoms with van der Waals surface area (Å²) in [5.41, 5.74) is 0. The first-order valence-corrected chi connectivity index (χ1v) is 1.81. The fourth-order valence-electron chi connectivity index (χ4n) is 0.215. The van der Waals surface area contributed by atoms with Crippen LogP contribution in [0.5, 0.6) is 0 Å². The predicted octanol–water partition coefficient (Wildman–Crippen LogP) is -0.0303. The summed E-state index contributed by atoms with van der Waals surface area (Å²) in [6, 6.07) is 1.93. The molecule has 1 rings (SSSR count). The van der Waals surface area contributed by atoms with Gasteiger partial charge in [-0.1, -0.05) is 0 Å². The molecule has 1 aliphatic heterocycles. The summed E-state index contributed by atoms with van der Waals surface area (Å²) in [5, 5.41) is 11.6. The summed E-state index contributed by atoms with van der Waals surface area (Å²) in [6.45, 7) is 2.01. The topological polar surface area (TPSA) is 39.2 Å². The molecule has 1 saturated heterocycles. The molecule has 0 aliphatic carbocycles. The van der Waals surface area contributed by atoms with Gasteiger partial charge < -0.3 is 0 Å². The molecule has 1 fully saturated rings. The van der Waals surface area contributed by atoms with Crippen molar-refractivity contribution >= 4 is 6.01 Å². The van der Waals surface area contributed by atoms with Gasteiger partial charge in [-0.25, -0.2) is 5.41 Å². The van der Waals surface area contributed by atoms with E-state index < -0.39 is 0 Å². The second-order valence-electron chi connectivity index (χ2n) is 1.17. The highest BCUT2D eigenvalue weighted by molar-refractivity contribution is 5.35. The highest BCUT2D eigenvalue weighted by atomic mass is 15.5. The molecule has 1 N–H and O–H groups in total. The van der Waals surface area contributed by atoms with Crippen molar-refractivity contribution in [3.63, 3.8) is 0 Å². The van der Waals surface area contributed by atoms with Crippen LogP contribution in [0.4, 0.5) is 0 Å². The summed E-state index contributed by atoms with van der Waals surface area (Å²) in [4.78, 5) is 0. The van der Waals surface area contributed by atoms with Crippen LogP contribution in [0.1, 0.15) is 0 Å². The van der Waals surface area contributed by atoms with E-state index in [0.717, 1.165) is 13.1 Å². The van der Waals surface area contributed by atoms with Crippen molar-refractivity contribution in [1.82, 2.24) is 5.01 Å². The van der Waals surface area contributed by atoms with Crippen molar-refractivity contribution < 1.29 is 0 Å². The molecule has 6 heavy (non-hydrogen) atoms. The number of hydrogen-bond acceptors (Lipinski definition) is 3. The van der Waals surface area contributed by atoms with Gasteiger partial charge in [0.2, 0.25) is 0 Å². The molecule has 0 saturated carbocycles. The van der Waals surface area contributed by atoms with E-state index in [-0.39, 0.29) is 0 Å². The van der Waals surface area contributed by atoms with Crippen LogP contribution >= 0.6 is 0 Å². The summed E-state index contributed by atoms with van der Waals surface area (Å²) in [5.74, 6) is 0. The maximum absolute atomic E-state index is 6.31. The molecule has 3 nitrogen and oxygen atoms in total. The van der Waals surface area contributed by atoms with Crippen LogP contribution in [-0.4, -0.2) is 24.1 Å². The van der Waals surface area contributed by atoms with Crippen molar-refractivity contribution in [3.05, 3.63) is 0 Å². The second kappa shape index (κ2) is 1.11. The molecule has 0 atom stereocenters. The average Bonchev–Trinajstić information content (AvgIpc) is 2.21. The zero-order valence-corrected chi connectivity index (χ0v) is 3.31. The number of hydrogen-bond donors (Lipinski definition) is 1. The quantitative estimate of drug-likeness (QED) is 0.351. The van der Waals surface area contributed by atoms with Crippen LogP contribution in [0.2, 0.25) is 0 Å². The van der Waals surface area contributed by atoms with Crippen LogP contribution < -0.4 is 0 Å². The largest absolute Gasteiger partial charge is 0.284 e. The highest BCUT2D eigenvalue weighted by Gasteiger charge is 2.12. The average molecular weight is 83.1 g/mol. The second-order valence-corrected chi connectivity index (χ2v) is 1.17.